The molecule has 0 saturated carbocycles. The highest BCUT2D eigenvalue weighted by atomic mass is 16.4. The van der Waals surface area contributed by atoms with Gasteiger partial charge in [0.1, 0.15) is 5.69 Å². The van der Waals surface area contributed by atoms with E-state index in [1.165, 1.54) is 4.68 Å². The number of nitrogens with zero attached hydrogens (tertiary/aromatic N) is 2. The topological polar surface area (TPSA) is 136 Å². The summed E-state index contributed by atoms with van der Waals surface area (Å²) in [6.45, 7) is 1.62. The summed E-state index contributed by atoms with van der Waals surface area (Å²) < 4.78 is 2.90. The maximum atomic E-state index is 12.9. The van der Waals surface area contributed by atoms with Crippen molar-refractivity contribution in [3.63, 3.8) is 0 Å². The smallest absolute Gasteiger partial charge is 0.295 e. The molecule has 0 aliphatic rings. The van der Waals surface area contributed by atoms with Gasteiger partial charge in [0.05, 0.1) is 23.3 Å². The third-order valence-electron chi connectivity index (χ3n) is 4.51. The highest BCUT2D eigenvalue weighted by Gasteiger charge is 2.20. The molecule has 0 atom stereocenters. The number of hydrogen-bond donors (Lipinski definition) is 1. The monoisotopic (exact) mass is 393 g/mol. The number of nitrogens with one attached hydrogen (secondary N) is 1. The Bertz CT molecular complexity index is 1190. The van der Waals surface area contributed by atoms with Gasteiger partial charge < -0.3 is 25.1 Å². The molecule has 3 rings (SSSR count). The zero-order valence-electron chi connectivity index (χ0n) is 15.5. The van der Waals surface area contributed by atoms with Gasteiger partial charge in [0.15, 0.2) is 0 Å². The molecule has 0 saturated heterocycles. The van der Waals surface area contributed by atoms with E-state index in [-0.39, 0.29) is 11.3 Å². The molecule has 0 aliphatic carbocycles. The van der Waals surface area contributed by atoms with E-state index in [2.05, 4.69) is 5.32 Å². The molecule has 1 N–H and O–H groups in total. The first kappa shape index (κ1) is 19.6. The molecule has 0 aliphatic heterocycles. The summed E-state index contributed by atoms with van der Waals surface area (Å²) in [6, 6.07) is 11.6. The number of amides is 1. The molecule has 1 amide bonds. The maximum Gasteiger partial charge on any atom is 0.295 e. The zero-order chi connectivity index (χ0) is 21.3. The summed E-state index contributed by atoms with van der Waals surface area (Å²) in [6.07, 6.45) is 0. The minimum atomic E-state index is -1.73. The van der Waals surface area contributed by atoms with Gasteiger partial charge in [-0.05, 0) is 36.8 Å². The first-order chi connectivity index (χ1) is 13.7. The second-order valence-electron chi connectivity index (χ2n) is 6.23. The van der Waals surface area contributed by atoms with E-state index < -0.39 is 34.5 Å². The molecule has 148 valence electrons. The quantitative estimate of drug-likeness (QED) is 0.618. The summed E-state index contributed by atoms with van der Waals surface area (Å²) in [5, 5.41) is 24.7. The number of hydrogen-bond acceptors (Lipinski definition) is 6. The number of anilines is 1. The highest BCUT2D eigenvalue weighted by Crippen LogP contribution is 2.17. The molecular formula is C20H15N3O6-2. The van der Waals surface area contributed by atoms with Crippen LogP contribution in [-0.2, 0) is 7.05 Å². The van der Waals surface area contributed by atoms with Gasteiger partial charge in [-0.2, -0.15) is 0 Å². The van der Waals surface area contributed by atoms with Gasteiger partial charge in [-0.3, -0.25) is 14.3 Å². The molecule has 29 heavy (non-hydrogen) atoms. The van der Waals surface area contributed by atoms with Crippen LogP contribution in [-0.4, -0.2) is 27.2 Å². The third-order valence-corrected chi connectivity index (χ3v) is 4.51. The second kappa shape index (κ2) is 7.47. The number of benzene rings is 2. The fourth-order valence-electron chi connectivity index (χ4n) is 2.93. The molecular weight excluding hydrogens is 378 g/mol. The predicted octanol–water partition coefficient (Wildman–Crippen LogP) is -0.536. The number of carbonyl (C=O) groups is 3. The standard InChI is InChI=1S/C20H17N3O6/c1-11-16(18(25)23(22(11)2)13-6-4-3-5-7-13)21-17(24)14-9-8-12(19(26)27)10-15(14)20(28)29/h3-10H,1-2H3,(H,21,24)(H,26,27)(H,28,29)/p-2. The molecule has 9 heteroatoms. The first-order valence-corrected chi connectivity index (χ1v) is 8.44. The van der Waals surface area contributed by atoms with Crippen molar-refractivity contribution >= 4 is 23.5 Å². The van der Waals surface area contributed by atoms with Crippen molar-refractivity contribution in [1.29, 1.82) is 0 Å². The van der Waals surface area contributed by atoms with Crippen molar-refractivity contribution in [2.45, 2.75) is 6.92 Å². The van der Waals surface area contributed by atoms with Gasteiger partial charge in [-0.1, -0.05) is 24.3 Å². The second-order valence-corrected chi connectivity index (χ2v) is 6.23. The largest absolute Gasteiger partial charge is 0.545 e. The molecule has 0 unspecified atom stereocenters. The van der Waals surface area contributed by atoms with Crippen LogP contribution < -0.4 is 21.1 Å². The van der Waals surface area contributed by atoms with E-state index in [0.29, 0.717) is 11.4 Å². The maximum absolute atomic E-state index is 12.9. The Morgan fingerprint density at radius 1 is 0.931 bits per heavy atom. The number of aromatic nitrogens is 2. The molecule has 1 aromatic heterocycles. The molecule has 0 spiro atoms. The molecule has 0 fully saturated rings. The lowest BCUT2D eigenvalue weighted by atomic mass is 10.0. The molecule has 9 nitrogen and oxygen atoms in total. The van der Waals surface area contributed by atoms with Crippen molar-refractivity contribution < 1.29 is 24.6 Å². The summed E-state index contributed by atoms with van der Waals surface area (Å²) in [7, 11) is 1.64. The normalized spacial score (nSPS) is 10.6. The summed E-state index contributed by atoms with van der Waals surface area (Å²) >= 11 is 0. The lowest BCUT2D eigenvalue weighted by Gasteiger charge is -2.13. The van der Waals surface area contributed by atoms with Crippen LogP contribution in [0.15, 0.2) is 53.3 Å². The van der Waals surface area contributed by atoms with Gasteiger partial charge in [-0.25, -0.2) is 4.68 Å². The van der Waals surface area contributed by atoms with Crippen molar-refractivity contribution in [1.82, 2.24) is 9.36 Å². The molecule has 3 aromatic rings. The van der Waals surface area contributed by atoms with Gasteiger partial charge in [0.25, 0.3) is 11.5 Å². The van der Waals surface area contributed by atoms with Crippen LogP contribution in [0.3, 0.4) is 0 Å². The Balaban J connectivity index is 2.04. The molecule has 2 aromatic carbocycles. The Morgan fingerprint density at radius 3 is 2.17 bits per heavy atom. The van der Waals surface area contributed by atoms with E-state index in [0.717, 1.165) is 18.2 Å². The fourth-order valence-corrected chi connectivity index (χ4v) is 2.93. The average molecular weight is 393 g/mol. The Labute approximate surface area is 164 Å². The lowest BCUT2D eigenvalue weighted by Crippen LogP contribution is -2.29. The van der Waals surface area contributed by atoms with Crippen LogP contribution in [0.5, 0.6) is 0 Å². The summed E-state index contributed by atoms with van der Waals surface area (Å²) in [5.41, 5.74) is -0.903. The minimum absolute atomic E-state index is 0.0328. The number of carboxylic acid groups (broad SMARTS) is 2. The van der Waals surface area contributed by atoms with E-state index in [1.807, 2.05) is 0 Å². The van der Waals surface area contributed by atoms with E-state index >= 15 is 0 Å². The zero-order valence-corrected chi connectivity index (χ0v) is 15.5. The first-order valence-electron chi connectivity index (χ1n) is 8.44. The van der Waals surface area contributed by atoms with Crippen molar-refractivity contribution in [2.75, 3.05) is 5.32 Å². The van der Waals surface area contributed by atoms with Crippen LogP contribution >= 0.6 is 0 Å². The Morgan fingerprint density at radius 2 is 1.59 bits per heavy atom. The van der Waals surface area contributed by atoms with Gasteiger partial charge in [-0.15, -0.1) is 0 Å². The molecule has 1 heterocycles. The van der Waals surface area contributed by atoms with Crippen LogP contribution in [0.25, 0.3) is 5.69 Å². The van der Waals surface area contributed by atoms with Crippen LogP contribution in [0.4, 0.5) is 5.69 Å². The number of carbonyl (C=O) groups excluding carboxylic acids is 3. The Hall–Kier alpha value is -4.14. The van der Waals surface area contributed by atoms with Crippen LogP contribution in [0, 0.1) is 6.92 Å². The van der Waals surface area contributed by atoms with Gasteiger partial charge >= 0.3 is 0 Å². The minimum Gasteiger partial charge on any atom is -0.545 e. The average Bonchev–Trinajstić information content (AvgIpc) is 2.91. The number of aromatic carboxylic acids is 2. The van der Waals surface area contributed by atoms with E-state index in [1.54, 1.807) is 49.0 Å². The fraction of sp³-hybridized carbons (Fsp3) is 0.100. The predicted molar refractivity (Wildman–Crippen MR) is 98.8 cm³/mol. The number of para-hydroxylation sites is 1. The van der Waals surface area contributed by atoms with Gasteiger partial charge in [0.2, 0.25) is 0 Å². The lowest BCUT2D eigenvalue weighted by molar-refractivity contribution is -0.255. The van der Waals surface area contributed by atoms with Crippen molar-refractivity contribution in [3.8, 4) is 5.69 Å². The summed E-state index contributed by atoms with van der Waals surface area (Å²) in [5.74, 6) is -4.21. The number of rotatable bonds is 5. The summed E-state index contributed by atoms with van der Waals surface area (Å²) in [4.78, 5) is 47.8. The van der Waals surface area contributed by atoms with Crippen molar-refractivity contribution in [3.05, 3.63) is 81.3 Å². The highest BCUT2D eigenvalue weighted by molar-refractivity contribution is 6.11. The van der Waals surface area contributed by atoms with Gasteiger partial charge in [0, 0.05) is 18.2 Å². The van der Waals surface area contributed by atoms with E-state index in [4.69, 9.17) is 0 Å². The Kier molecular flexibility index (Phi) is 5.05. The molecule has 0 bridgehead atoms. The molecule has 0 radical (unpaired) electrons. The van der Waals surface area contributed by atoms with Crippen LogP contribution in [0.1, 0.15) is 36.8 Å². The van der Waals surface area contributed by atoms with Crippen molar-refractivity contribution in [2.24, 2.45) is 7.05 Å². The third kappa shape index (κ3) is 3.53. The van der Waals surface area contributed by atoms with E-state index in [9.17, 15) is 29.4 Å². The SMILES string of the molecule is Cc1c(NC(=O)c2ccc(C(=O)[O-])cc2C(=O)[O-])c(=O)n(-c2ccccc2)n1C. The van der Waals surface area contributed by atoms with Crippen LogP contribution in [0.2, 0.25) is 0 Å². The number of carboxylic acids is 2.